The van der Waals surface area contributed by atoms with Gasteiger partial charge in [-0.2, -0.15) is 0 Å². The topological polar surface area (TPSA) is 48.0 Å². The predicted octanol–water partition coefficient (Wildman–Crippen LogP) is 3.11. The largest absolute Gasteiger partial charge is 0.398 e. The van der Waals surface area contributed by atoms with E-state index in [1.807, 2.05) is 42.6 Å². The summed E-state index contributed by atoms with van der Waals surface area (Å²) in [6.45, 7) is 2.85. The van der Waals surface area contributed by atoms with E-state index in [0.29, 0.717) is 17.6 Å². The molecule has 0 saturated heterocycles. The van der Waals surface area contributed by atoms with Crippen LogP contribution in [0.15, 0.2) is 59.6 Å². The monoisotopic (exact) mass is 266 g/mol. The van der Waals surface area contributed by atoms with Crippen molar-refractivity contribution in [2.75, 3.05) is 5.73 Å². The minimum atomic E-state index is -0.00736. The Morgan fingerprint density at radius 1 is 1.25 bits per heavy atom. The molecule has 3 rings (SSSR count). The summed E-state index contributed by atoms with van der Waals surface area (Å²) in [5.41, 5.74) is 6.59. The van der Waals surface area contributed by atoms with Gasteiger partial charge >= 0.3 is 0 Å². The van der Waals surface area contributed by atoms with Gasteiger partial charge in [-0.25, -0.2) is 0 Å². The fourth-order valence-corrected chi connectivity index (χ4v) is 2.75. The second kappa shape index (κ2) is 4.67. The highest BCUT2D eigenvalue weighted by Crippen LogP contribution is 2.29. The highest BCUT2D eigenvalue weighted by Gasteiger charge is 2.22. The molecule has 0 fully saturated rings. The van der Waals surface area contributed by atoms with E-state index in [2.05, 4.69) is 19.1 Å². The van der Waals surface area contributed by atoms with Crippen molar-refractivity contribution in [2.24, 2.45) is 5.41 Å². The molecule has 0 amide bonds. The molecule has 1 aromatic heterocycles. The number of anilines is 1. The summed E-state index contributed by atoms with van der Waals surface area (Å²) in [6, 6.07) is 7.41. The van der Waals surface area contributed by atoms with Crippen molar-refractivity contribution in [2.45, 2.75) is 19.9 Å². The maximum Gasteiger partial charge on any atom is 0.258 e. The van der Waals surface area contributed by atoms with E-state index < -0.39 is 0 Å². The molecule has 1 heterocycles. The number of hydrogen-bond donors (Lipinski definition) is 1. The van der Waals surface area contributed by atoms with E-state index in [0.717, 1.165) is 11.8 Å². The van der Waals surface area contributed by atoms with Crippen molar-refractivity contribution in [3.05, 3.63) is 65.1 Å². The molecular formula is C17H18N2O. The van der Waals surface area contributed by atoms with Gasteiger partial charge in [0, 0.05) is 34.6 Å². The van der Waals surface area contributed by atoms with Gasteiger partial charge in [-0.15, -0.1) is 0 Å². The Bertz CT molecular complexity index is 770. The molecule has 1 atom stereocenters. The Hall–Kier alpha value is -2.29. The van der Waals surface area contributed by atoms with Gasteiger partial charge in [0.05, 0.1) is 0 Å². The van der Waals surface area contributed by atoms with Crippen molar-refractivity contribution < 1.29 is 0 Å². The van der Waals surface area contributed by atoms with E-state index in [4.69, 9.17) is 5.73 Å². The zero-order valence-corrected chi connectivity index (χ0v) is 11.5. The summed E-state index contributed by atoms with van der Waals surface area (Å²) < 4.78 is 1.78. The quantitative estimate of drug-likeness (QED) is 0.849. The highest BCUT2D eigenvalue weighted by atomic mass is 16.1. The third-order valence-electron chi connectivity index (χ3n) is 3.91. The molecule has 1 aliphatic carbocycles. The lowest BCUT2D eigenvalue weighted by atomic mass is 9.83. The smallest absolute Gasteiger partial charge is 0.258 e. The molecule has 3 heteroatoms. The SMILES string of the molecule is CC1(Cn2ccc3c(N)cccc3c2=O)C=CC=CC1. The van der Waals surface area contributed by atoms with E-state index in [1.54, 1.807) is 4.57 Å². The number of rotatable bonds is 2. The third kappa shape index (κ3) is 2.16. The molecule has 1 aromatic carbocycles. The molecular weight excluding hydrogens is 248 g/mol. The van der Waals surface area contributed by atoms with Crippen LogP contribution in [-0.4, -0.2) is 4.57 Å². The van der Waals surface area contributed by atoms with Crippen molar-refractivity contribution >= 4 is 16.5 Å². The number of nitrogens with zero attached hydrogens (tertiary/aromatic N) is 1. The van der Waals surface area contributed by atoms with Gasteiger partial charge in [0.2, 0.25) is 0 Å². The molecule has 2 aromatic rings. The Morgan fingerprint density at radius 2 is 2.10 bits per heavy atom. The number of fused-ring (bicyclic) bond motifs is 1. The molecule has 1 unspecified atom stereocenters. The molecule has 0 bridgehead atoms. The van der Waals surface area contributed by atoms with Gasteiger partial charge in [0.25, 0.3) is 5.56 Å². The number of nitrogen functional groups attached to an aromatic ring is 1. The molecule has 2 N–H and O–H groups in total. The van der Waals surface area contributed by atoms with Gasteiger partial charge in [-0.1, -0.05) is 37.3 Å². The molecule has 1 aliphatic rings. The zero-order chi connectivity index (χ0) is 14.2. The molecule has 3 nitrogen and oxygen atoms in total. The van der Waals surface area contributed by atoms with Gasteiger partial charge < -0.3 is 10.3 Å². The maximum atomic E-state index is 12.6. The van der Waals surface area contributed by atoms with Gasteiger partial charge in [0.15, 0.2) is 0 Å². The summed E-state index contributed by atoms with van der Waals surface area (Å²) in [5.74, 6) is 0. The second-order valence-electron chi connectivity index (χ2n) is 5.70. The first-order valence-electron chi connectivity index (χ1n) is 6.81. The molecule has 20 heavy (non-hydrogen) atoms. The van der Waals surface area contributed by atoms with Crippen LogP contribution in [0, 0.1) is 5.41 Å². The molecule has 0 spiro atoms. The third-order valence-corrected chi connectivity index (χ3v) is 3.91. The van der Waals surface area contributed by atoms with Crippen molar-refractivity contribution in [1.29, 1.82) is 0 Å². The lowest BCUT2D eigenvalue weighted by molar-refractivity contribution is 0.354. The first-order chi connectivity index (χ1) is 9.59. The van der Waals surface area contributed by atoms with Crippen LogP contribution < -0.4 is 11.3 Å². The molecule has 0 aliphatic heterocycles. The van der Waals surface area contributed by atoms with Crippen LogP contribution in [-0.2, 0) is 6.54 Å². The van der Waals surface area contributed by atoms with Gasteiger partial charge in [-0.05, 0) is 24.6 Å². The Morgan fingerprint density at radius 3 is 2.85 bits per heavy atom. The summed E-state index contributed by atoms with van der Waals surface area (Å²) in [6.07, 6.45) is 11.2. The Labute approximate surface area is 118 Å². The van der Waals surface area contributed by atoms with Crippen LogP contribution >= 0.6 is 0 Å². The lowest BCUT2D eigenvalue weighted by Crippen LogP contribution is -2.29. The standard InChI is InChI=1S/C17H18N2O/c1-17(9-3-2-4-10-17)12-19-11-8-13-14(16(19)20)6-5-7-15(13)18/h2-9,11H,10,12,18H2,1H3. The minimum Gasteiger partial charge on any atom is -0.398 e. The van der Waals surface area contributed by atoms with Crippen molar-refractivity contribution in [3.63, 3.8) is 0 Å². The number of pyridine rings is 1. The number of hydrogen-bond acceptors (Lipinski definition) is 2. The minimum absolute atomic E-state index is 0.00736. The normalized spacial score (nSPS) is 21.4. The summed E-state index contributed by atoms with van der Waals surface area (Å²) in [5, 5.41) is 1.52. The van der Waals surface area contributed by atoms with Gasteiger partial charge in [0.1, 0.15) is 0 Å². The first kappa shape index (κ1) is 12.7. The fourth-order valence-electron chi connectivity index (χ4n) is 2.75. The first-order valence-corrected chi connectivity index (χ1v) is 6.81. The summed E-state index contributed by atoms with van der Waals surface area (Å²) >= 11 is 0. The van der Waals surface area contributed by atoms with Gasteiger partial charge in [-0.3, -0.25) is 4.79 Å². The van der Waals surface area contributed by atoms with Crippen LogP contribution in [0.25, 0.3) is 10.8 Å². The maximum absolute atomic E-state index is 12.6. The number of aromatic nitrogens is 1. The highest BCUT2D eigenvalue weighted by molar-refractivity contribution is 5.91. The van der Waals surface area contributed by atoms with Crippen molar-refractivity contribution in [3.8, 4) is 0 Å². The van der Waals surface area contributed by atoms with E-state index in [-0.39, 0.29) is 11.0 Å². The average Bonchev–Trinajstić information content (AvgIpc) is 2.43. The predicted molar refractivity (Wildman–Crippen MR) is 83.6 cm³/mol. The molecule has 0 saturated carbocycles. The van der Waals surface area contributed by atoms with E-state index >= 15 is 0 Å². The fraction of sp³-hybridized carbons (Fsp3) is 0.235. The average molecular weight is 266 g/mol. The van der Waals surface area contributed by atoms with Crippen LogP contribution in [0.3, 0.4) is 0 Å². The molecule has 0 radical (unpaired) electrons. The number of nitrogens with two attached hydrogens (primary N) is 1. The number of allylic oxidation sites excluding steroid dienone is 4. The molecule has 102 valence electrons. The van der Waals surface area contributed by atoms with Crippen LogP contribution in [0.1, 0.15) is 13.3 Å². The van der Waals surface area contributed by atoms with E-state index in [1.165, 1.54) is 0 Å². The summed E-state index contributed by atoms with van der Waals surface area (Å²) in [7, 11) is 0. The Kier molecular flexibility index (Phi) is 2.97. The van der Waals surface area contributed by atoms with Crippen molar-refractivity contribution in [1.82, 2.24) is 4.57 Å². The second-order valence-corrected chi connectivity index (χ2v) is 5.70. The Balaban J connectivity index is 2.05. The van der Waals surface area contributed by atoms with Crippen LogP contribution in [0.4, 0.5) is 5.69 Å². The zero-order valence-electron chi connectivity index (χ0n) is 11.5. The van der Waals surface area contributed by atoms with E-state index in [9.17, 15) is 4.79 Å². The van der Waals surface area contributed by atoms with Crippen LogP contribution in [0.5, 0.6) is 0 Å². The number of benzene rings is 1. The summed E-state index contributed by atoms with van der Waals surface area (Å²) in [4.78, 5) is 12.6. The van der Waals surface area contributed by atoms with Crippen LogP contribution in [0.2, 0.25) is 0 Å². The lowest BCUT2D eigenvalue weighted by Gasteiger charge is -2.27.